The summed E-state index contributed by atoms with van der Waals surface area (Å²) >= 11 is 0. The summed E-state index contributed by atoms with van der Waals surface area (Å²) in [5, 5.41) is 0. The molecule has 0 radical (unpaired) electrons. The van der Waals surface area contributed by atoms with Crippen molar-refractivity contribution in [2.75, 3.05) is 19.3 Å². The van der Waals surface area contributed by atoms with E-state index in [9.17, 15) is 8.42 Å². The molecule has 0 N–H and O–H groups in total. The highest BCUT2D eigenvalue weighted by Crippen LogP contribution is 2.37. The van der Waals surface area contributed by atoms with Crippen LogP contribution in [0.5, 0.6) is 0 Å². The fraction of sp³-hybridized carbons (Fsp3) is 1.00. The zero-order chi connectivity index (χ0) is 11.0. The summed E-state index contributed by atoms with van der Waals surface area (Å²) in [6.45, 7) is 8.03. The number of hydrogen-bond acceptors (Lipinski definition) is 2. The lowest BCUT2D eigenvalue weighted by atomic mass is 9.76. The molecule has 1 unspecified atom stereocenters. The van der Waals surface area contributed by atoms with E-state index < -0.39 is 10.0 Å². The number of sulfonamides is 1. The van der Waals surface area contributed by atoms with Gasteiger partial charge in [-0.1, -0.05) is 27.2 Å². The maximum atomic E-state index is 11.3. The predicted octanol–water partition coefficient (Wildman–Crippen LogP) is 1.70. The Bertz CT molecular complexity index is 295. The molecule has 1 atom stereocenters. The van der Waals surface area contributed by atoms with Gasteiger partial charge < -0.3 is 0 Å². The molecule has 0 amide bonds. The first-order valence-corrected chi connectivity index (χ1v) is 7.07. The van der Waals surface area contributed by atoms with E-state index in [-0.39, 0.29) is 5.41 Å². The molecule has 0 aromatic rings. The second kappa shape index (κ2) is 3.81. The Morgan fingerprint density at radius 3 is 2.36 bits per heavy atom. The van der Waals surface area contributed by atoms with E-state index in [0.717, 1.165) is 12.8 Å². The Morgan fingerprint density at radius 2 is 2.00 bits per heavy atom. The van der Waals surface area contributed by atoms with Gasteiger partial charge in [0.1, 0.15) is 0 Å². The van der Waals surface area contributed by atoms with E-state index in [2.05, 4.69) is 20.8 Å². The largest absolute Gasteiger partial charge is 0.213 e. The Balaban J connectivity index is 2.67. The lowest BCUT2D eigenvalue weighted by Gasteiger charge is -2.30. The van der Waals surface area contributed by atoms with E-state index in [0.29, 0.717) is 19.0 Å². The molecule has 1 heterocycles. The van der Waals surface area contributed by atoms with Gasteiger partial charge in [0.25, 0.3) is 0 Å². The van der Waals surface area contributed by atoms with Crippen LogP contribution in [-0.4, -0.2) is 32.1 Å². The normalized spacial score (nSPS) is 25.6. The fourth-order valence-corrected chi connectivity index (χ4v) is 2.84. The highest BCUT2D eigenvalue weighted by atomic mass is 32.2. The maximum absolute atomic E-state index is 11.3. The summed E-state index contributed by atoms with van der Waals surface area (Å²) in [6.07, 6.45) is 3.41. The van der Waals surface area contributed by atoms with Crippen LogP contribution in [0.1, 0.15) is 33.6 Å². The molecule has 1 saturated heterocycles. The van der Waals surface area contributed by atoms with Crippen molar-refractivity contribution in [1.82, 2.24) is 4.31 Å². The van der Waals surface area contributed by atoms with Gasteiger partial charge in [0.15, 0.2) is 0 Å². The highest BCUT2D eigenvalue weighted by molar-refractivity contribution is 7.88. The Kier molecular flexibility index (Phi) is 3.26. The molecule has 4 heteroatoms. The smallest absolute Gasteiger partial charge is 0.211 e. The van der Waals surface area contributed by atoms with Crippen molar-refractivity contribution in [2.24, 2.45) is 11.3 Å². The van der Waals surface area contributed by atoms with Gasteiger partial charge in [-0.15, -0.1) is 0 Å². The highest BCUT2D eigenvalue weighted by Gasteiger charge is 2.36. The third-order valence-corrected chi connectivity index (χ3v) is 4.91. The lowest BCUT2D eigenvalue weighted by molar-refractivity contribution is 0.214. The van der Waals surface area contributed by atoms with Crippen LogP contribution in [0, 0.1) is 11.3 Å². The molecule has 14 heavy (non-hydrogen) atoms. The number of rotatable bonds is 3. The topological polar surface area (TPSA) is 37.4 Å². The van der Waals surface area contributed by atoms with Gasteiger partial charge in [-0.3, -0.25) is 0 Å². The molecular weight excluding hydrogens is 198 g/mol. The third-order valence-electron chi connectivity index (χ3n) is 3.64. The molecule has 1 fully saturated rings. The standard InChI is InChI=1S/C10H21NO2S/c1-5-10(2,3)9-6-7-11(8-9)14(4,12)13/h9H,5-8H2,1-4H3. The molecule has 0 aromatic heterocycles. The number of hydrogen-bond donors (Lipinski definition) is 0. The zero-order valence-corrected chi connectivity index (χ0v) is 10.4. The van der Waals surface area contributed by atoms with Crippen molar-refractivity contribution in [3.8, 4) is 0 Å². The first-order chi connectivity index (χ1) is 6.27. The quantitative estimate of drug-likeness (QED) is 0.724. The van der Waals surface area contributed by atoms with Crippen LogP contribution in [0.4, 0.5) is 0 Å². The first kappa shape index (κ1) is 12.0. The minimum atomic E-state index is -2.97. The van der Waals surface area contributed by atoms with E-state index >= 15 is 0 Å². The molecular formula is C10H21NO2S. The van der Waals surface area contributed by atoms with Crippen molar-refractivity contribution in [2.45, 2.75) is 33.6 Å². The lowest BCUT2D eigenvalue weighted by Crippen LogP contribution is -2.31. The van der Waals surface area contributed by atoms with Crippen molar-refractivity contribution in [1.29, 1.82) is 0 Å². The monoisotopic (exact) mass is 219 g/mol. The minimum Gasteiger partial charge on any atom is -0.213 e. The summed E-state index contributed by atoms with van der Waals surface area (Å²) in [7, 11) is -2.97. The number of nitrogens with zero attached hydrogens (tertiary/aromatic N) is 1. The second-order valence-corrected chi connectivity index (χ2v) is 6.93. The van der Waals surface area contributed by atoms with Gasteiger partial charge in [-0.2, -0.15) is 0 Å². The molecule has 3 nitrogen and oxygen atoms in total. The van der Waals surface area contributed by atoms with Gasteiger partial charge in [0, 0.05) is 13.1 Å². The fourth-order valence-electron chi connectivity index (χ4n) is 1.96. The summed E-state index contributed by atoms with van der Waals surface area (Å²) in [5.74, 6) is 0.516. The van der Waals surface area contributed by atoms with Crippen molar-refractivity contribution < 1.29 is 8.42 Å². The minimum absolute atomic E-state index is 0.263. The van der Waals surface area contributed by atoms with Gasteiger partial charge in [-0.25, -0.2) is 12.7 Å². The maximum Gasteiger partial charge on any atom is 0.211 e. The average molecular weight is 219 g/mol. The zero-order valence-electron chi connectivity index (χ0n) is 9.58. The summed E-state index contributed by atoms with van der Waals surface area (Å²) in [4.78, 5) is 0. The Morgan fingerprint density at radius 1 is 1.43 bits per heavy atom. The average Bonchev–Trinajstić information content (AvgIpc) is 2.51. The van der Waals surface area contributed by atoms with Crippen LogP contribution in [-0.2, 0) is 10.0 Å². The van der Waals surface area contributed by atoms with Crippen LogP contribution in [0.25, 0.3) is 0 Å². The van der Waals surface area contributed by atoms with Crippen LogP contribution < -0.4 is 0 Å². The SMILES string of the molecule is CCC(C)(C)C1CCN(S(C)(=O)=O)C1. The van der Waals surface area contributed by atoms with Crippen LogP contribution in [0.2, 0.25) is 0 Å². The first-order valence-electron chi connectivity index (χ1n) is 5.22. The van der Waals surface area contributed by atoms with Gasteiger partial charge in [-0.05, 0) is 17.8 Å². The Labute approximate surface area is 87.5 Å². The third kappa shape index (κ3) is 2.48. The molecule has 0 aliphatic carbocycles. The summed E-state index contributed by atoms with van der Waals surface area (Å²) in [5.41, 5.74) is 0.263. The molecule has 1 aliphatic rings. The summed E-state index contributed by atoms with van der Waals surface area (Å²) in [6, 6.07) is 0. The molecule has 0 saturated carbocycles. The molecule has 0 aromatic carbocycles. The van der Waals surface area contributed by atoms with Crippen molar-refractivity contribution in [3.05, 3.63) is 0 Å². The van der Waals surface area contributed by atoms with Gasteiger partial charge >= 0.3 is 0 Å². The van der Waals surface area contributed by atoms with Crippen LogP contribution >= 0.6 is 0 Å². The molecule has 0 bridgehead atoms. The van der Waals surface area contributed by atoms with Crippen molar-refractivity contribution in [3.63, 3.8) is 0 Å². The van der Waals surface area contributed by atoms with E-state index in [1.165, 1.54) is 6.26 Å². The molecule has 1 rings (SSSR count). The molecule has 84 valence electrons. The summed E-state index contributed by atoms with van der Waals surface area (Å²) < 4.78 is 24.2. The molecule has 0 spiro atoms. The van der Waals surface area contributed by atoms with E-state index in [1.807, 2.05) is 0 Å². The van der Waals surface area contributed by atoms with E-state index in [4.69, 9.17) is 0 Å². The second-order valence-electron chi connectivity index (χ2n) is 4.95. The van der Waals surface area contributed by atoms with Crippen molar-refractivity contribution >= 4 is 10.0 Å². The molecule has 1 aliphatic heterocycles. The van der Waals surface area contributed by atoms with Crippen LogP contribution in [0.3, 0.4) is 0 Å². The van der Waals surface area contributed by atoms with Gasteiger partial charge in [0.2, 0.25) is 10.0 Å². The predicted molar refractivity (Wildman–Crippen MR) is 58.6 cm³/mol. The Hall–Kier alpha value is -0.0900. The van der Waals surface area contributed by atoms with Gasteiger partial charge in [0.05, 0.1) is 6.26 Å². The van der Waals surface area contributed by atoms with Crippen LogP contribution in [0.15, 0.2) is 0 Å². The van der Waals surface area contributed by atoms with E-state index in [1.54, 1.807) is 4.31 Å².